The lowest BCUT2D eigenvalue weighted by Gasteiger charge is -2.07. The topological polar surface area (TPSA) is 93.8 Å². The number of aromatic hydroxyl groups is 1. The van der Waals surface area contributed by atoms with Crippen LogP contribution in [0.5, 0.6) is 5.75 Å². The Balaban J connectivity index is 1.58. The summed E-state index contributed by atoms with van der Waals surface area (Å²) in [4.78, 5) is 29.3. The van der Waals surface area contributed by atoms with Gasteiger partial charge in [0, 0.05) is 6.07 Å². The maximum absolute atomic E-state index is 12.4. The number of fused-ring (bicyclic) bond motifs is 2. The van der Waals surface area contributed by atoms with Crippen LogP contribution in [0, 0.1) is 0 Å². The third kappa shape index (κ3) is 3.26. The molecule has 0 bridgehead atoms. The van der Waals surface area contributed by atoms with Gasteiger partial charge in [0.1, 0.15) is 22.9 Å². The second kappa shape index (κ2) is 6.81. The van der Waals surface area contributed by atoms with Crippen LogP contribution in [0.4, 0.5) is 0 Å². The minimum atomic E-state index is -0.682. The van der Waals surface area contributed by atoms with Gasteiger partial charge in [-0.1, -0.05) is 42.5 Å². The SMILES string of the molecule is CCc1nn2c(=O)cc(COC(=O)c3cc4ccccc4cc3O)nc2s1. The second-order valence-corrected chi connectivity index (χ2v) is 6.96. The third-order valence-electron chi connectivity index (χ3n) is 4.08. The highest BCUT2D eigenvalue weighted by molar-refractivity contribution is 7.16. The smallest absolute Gasteiger partial charge is 0.342 e. The first-order valence-corrected chi connectivity index (χ1v) is 9.14. The van der Waals surface area contributed by atoms with Gasteiger partial charge in [0.2, 0.25) is 4.96 Å². The van der Waals surface area contributed by atoms with Crippen molar-refractivity contribution < 1.29 is 14.6 Å². The van der Waals surface area contributed by atoms with Crippen molar-refractivity contribution in [3.8, 4) is 5.75 Å². The molecule has 0 atom stereocenters. The number of carbonyl (C=O) groups is 1. The molecular formula is C19H15N3O4S. The maximum Gasteiger partial charge on any atom is 0.342 e. The first-order chi connectivity index (χ1) is 13.0. The van der Waals surface area contributed by atoms with Crippen molar-refractivity contribution in [3.63, 3.8) is 0 Å². The van der Waals surface area contributed by atoms with E-state index in [1.54, 1.807) is 6.07 Å². The first kappa shape index (κ1) is 17.2. The summed E-state index contributed by atoms with van der Waals surface area (Å²) < 4.78 is 6.50. The molecular weight excluding hydrogens is 366 g/mol. The normalized spacial score (nSPS) is 11.1. The van der Waals surface area contributed by atoms with E-state index < -0.39 is 5.97 Å². The molecule has 0 saturated carbocycles. The van der Waals surface area contributed by atoms with Crippen LogP contribution in [0.3, 0.4) is 0 Å². The zero-order valence-corrected chi connectivity index (χ0v) is 15.2. The van der Waals surface area contributed by atoms with Gasteiger partial charge in [-0.25, -0.2) is 9.78 Å². The Labute approximate surface area is 157 Å². The molecule has 2 aromatic carbocycles. The Kier molecular flexibility index (Phi) is 4.33. The number of phenolic OH excluding ortho intramolecular Hbond substituents is 1. The third-order valence-corrected chi connectivity index (χ3v) is 5.13. The fraction of sp³-hybridized carbons (Fsp3) is 0.158. The summed E-state index contributed by atoms with van der Waals surface area (Å²) >= 11 is 1.32. The lowest BCUT2D eigenvalue weighted by Crippen LogP contribution is -2.16. The van der Waals surface area contributed by atoms with E-state index >= 15 is 0 Å². The summed E-state index contributed by atoms with van der Waals surface area (Å²) in [5.41, 5.74) is 0.0769. The maximum atomic E-state index is 12.4. The molecule has 0 fully saturated rings. The van der Waals surface area contributed by atoms with Gasteiger partial charge in [-0.05, 0) is 29.3 Å². The van der Waals surface area contributed by atoms with Crippen molar-refractivity contribution in [1.29, 1.82) is 0 Å². The quantitative estimate of drug-likeness (QED) is 0.546. The number of benzene rings is 2. The molecule has 0 aliphatic carbocycles. The van der Waals surface area contributed by atoms with E-state index in [1.807, 2.05) is 31.2 Å². The molecule has 2 aromatic heterocycles. The Morgan fingerprint density at radius 2 is 1.96 bits per heavy atom. The van der Waals surface area contributed by atoms with Crippen LogP contribution in [0.1, 0.15) is 28.0 Å². The van der Waals surface area contributed by atoms with Gasteiger partial charge >= 0.3 is 5.97 Å². The number of nitrogens with zero attached hydrogens (tertiary/aromatic N) is 3. The zero-order valence-electron chi connectivity index (χ0n) is 14.4. The largest absolute Gasteiger partial charge is 0.507 e. The van der Waals surface area contributed by atoms with Gasteiger partial charge < -0.3 is 9.84 Å². The van der Waals surface area contributed by atoms with E-state index in [0.717, 1.165) is 15.8 Å². The number of esters is 1. The number of carbonyl (C=O) groups excluding carboxylic acids is 1. The highest BCUT2D eigenvalue weighted by Gasteiger charge is 2.15. The average Bonchev–Trinajstić information content (AvgIpc) is 3.09. The van der Waals surface area contributed by atoms with E-state index in [4.69, 9.17) is 4.74 Å². The van der Waals surface area contributed by atoms with Crippen molar-refractivity contribution in [2.45, 2.75) is 20.0 Å². The average molecular weight is 381 g/mol. The number of ether oxygens (including phenoxy) is 1. The van der Waals surface area contributed by atoms with Gasteiger partial charge in [0.05, 0.1) is 5.69 Å². The van der Waals surface area contributed by atoms with Gasteiger partial charge in [0.25, 0.3) is 5.56 Å². The molecule has 0 aliphatic rings. The number of phenols is 1. The van der Waals surface area contributed by atoms with Crippen LogP contribution < -0.4 is 5.56 Å². The predicted molar refractivity (Wildman–Crippen MR) is 101 cm³/mol. The molecule has 0 amide bonds. The number of hydrogen-bond acceptors (Lipinski definition) is 7. The van der Waals surface area contributed by atoms with Gasteiger partial charge in [0.15, 0.2) is 0 Å². The summed E-state index contributed by atoms with van der Waals surface area (Å²) in [5, 5.41) is 16.7. The van der Waals surface area contributed by atoms with E-state index in [-0.39, 0.29) is 23.5 Å². The van der Waals surface area contributed by atoms with Crippen LogP contribution in [-0.4, -0.2) is 25.7 Å². The van der Waals surface area contributed by atoms with Crippen molar-refractivity contribution in [2.75, 3.05) is 0 Å². The molecule has 7 nitrogen and oxygen atoms in total. The highest BCUT2D eigenvalue weighted by atomic mass is 32.1. The van der Waals surface area contributed by atoms with Crippen molar-refractivity contribution in [1.82, 2.24) is 14.6 Å². The van der Waals surface area contributed by atoms with Crippen LogP contribution in [-0.2, 0) is 17.8 Å². The molecule has 0 spiro atoms. The van der Waals surface area contributed by atoms with Gasteiger partial charge in [-0.15, -0.1) is 0 Å². The van der Waals surface area contributed by atoms with Crippen LogP contribution in [0.2, 0.25) is 0 Å². The van der Waals surface area contributed by atoms with E-state index in [0.29, 0.717) is 17.1 Å². The fourth-order valence-corrected chi connectivity index (χ4v) is 3.58. The Morgan fingerprint density at radius 1 is 1.22 bits per heavy atom. The van der Waals surface area contributed by atoms with Crippen molar-refractivity contribution >= 4 is 33.0 Å². The van der Waals surface area contributed by atoms with Gasteiger partial charge in [-0.2, -0.15) is 9.61 Å². The van der Waals surface area contributed by atoms with E-state index in [1.165, 1.54) is 28.0 Å². The van der Waals surface area contributed by atoms with Crippen LogP contribution in [0.15, 0.2) is 47.3 Å². The van der Waals surface area contributed by atoms with Crippen molar-refractivity contribution in [2.24, 2.45) is 0 Å². The number of rotatable bonds is 4. The Hall–Kier alpha value is -3.26. The molecule has 4 aromatic rings. The predicted octanol–water partition coefficient (Wildman–Crippen LogP) is 2.93. The Morgan fingerprint density at radius 3 is 2.70 bits per heavy atom. The number of aryl methyl sites for hydroxylation is 1. The summed E-state index contributed by atoms with van der Waals surface area (Å²) in [7, 11) is 0. The zero-order chi connectivity index (χ0) is 19.0. The minimum Gasteiger partial charge on any atom is -0.507 e. The van der Waals surface area contributed by atoms with Crippen molar-refractivity contribution in [3.05, 3.63) is 69.1 Å². The van der Waals surface area contributed by atoms with E-state index in [9.17, 15) is 14.7 Å². The Bertz CT molecular complexity index is 1230. The minimum absolute atomic E-state index is 0.0672. The fourth-order valence-electron chi connectivity index (χ4n) is 2.72. The molecule has 8 heteroatoms. The molecule has 0 radical (unpaired) electrons. The van der Waals surface area contributed by atoms with Gasteiger partial charge in [-0.3, -0.25) is 4.79 Å². The first-order valence-electron chi connectivity index (χ1n) is 8.32. The molecule has 0 unspecified atom stereocenters. The molecule has 27 heavy (non-hydrogen) atoms. The summed E-state index contributed by atoms with van der Waals surface area (Å²) in [6.45, 7) is 1.78. The van der Waals surface area contributed by atoms with Crippen LogP contribution in [0.25, 0.3) is 15.7 Å². The van der Waals surface area contributed by atoms with E-state index in [2.05, 4.69) is 10.1 Å². The summed E-state index contributed by atoms with van der Waals surface area (Å²) in [6.07, 6.45) is 0.707. The lowest BCUT2D eigenvalue weighted by atomic mass is 10.1. The van der Waals surface area contributed by atoms with Crippen LogP contribution >= 0.6 is 11.3 Å². The monoisotopic (exact) mass is 381 g/mol. The molecule has 1 N–H and O–H groups in total. The molecule has 136 valence electrons. The lowest BCUT2D eigenvalue weighted by molar-refractivity contribution is 0.0464. The molecule has 4 rings (SSSR count). The summed E-state index contributed by atoms with van der Waals surface area (Å²) in [6, 6.07) is 11.8. The molecule has 0 saturated heterocycles. The highest BCUT2D eigenvalue weighted by Crippen LogP contribution is 2.25. The summed E-state index contributed by atoms with van der Waals surface area (Å²) in [5.74, 6) is -0.837. The number of hydrogen-bond donors (Lipinski definition) is 1. The second-order valence-electron chi connectivity index (χ2n) is 5.92. The molecule has 0 aliphatic heterocycles. The molecule has 2 heterocycles. The standard InChI is InChI=1S/C19H15N3O4S/c1-2-16-21-22-17(24)9-13(20-19(22)27-16)10-26-18(25)14-7-11-5-3-4-6-12(11)8-15(14)23/h3-9,23H,2,10H2,1H3. The number of aromatic nitrogens is 3.